The maximum atomic E-state index is 13.7. The Morgan fingerprint density at radius 3 is 1.04 bits per heavy atom. The lowest BCUT2D eigenvalue weighted by Crippen LogP contribution is -2.60. The molecule has 0 radical (unpaired) electrons. The summed E-state index contributed by atoms with van der Waals surface area (Å²) in [5.74, 6) is 13.1. The minimum absolute atomic E-state index is 0.0654. The van der Waals surface area contributed by atoms with Crippen LogP contribution in [0.1, 0.15) is 164 Å². The number of allylic oxidation sites excluding steroid dienone is 15. The van der Waals surface area contributed by atoms with Crippen LogP contribution >= 0.6 is 23.2 Å². The number of carbonyl (C=O) groups excluding carboxylic acids is 2. The molecule has 2 saturated heterocycles. The van der Waals surface area contributed by atoms with Crippen LogP contribution in [0, 0.1) is 145 Å². The SMILES string of the molecule is CC(=O)CCCOC1=C[C@@H](C)[C@@H](C)C=C1.CC(=O)CCCOc1ccc(C)c(C)c1.COCCOC1=C[C@@H](C)[C@@H](C)C=C1.COCCOc1ccc(C)c(C)c1.C[C@@H]1C(F)=C(OCCN(C)C)C=C[C@@H]1C.C[C@@H]1C=C(OCC(F)F)C=C[C@@H]1C.C[C@@H]1C=C(OCCN2CC(CO)(CCl)C2)C=C[C@@H]1C.Cc1ccc(OCC(F)F)cc1C.Cc1ccc(OCCN(C)C)c(F)c1C.Cc1ccc(OCCN2CC(CO)(CCl)C2)cc1C. The number of Topliss-reactive ketones (excluding diaryl/α,β-unsaturated/α-hetero) is 2. The zero-order valence-corrected chi connectivity index (χ0v) is 96.8. The van der Waals surface area contributed by atoms with Gasteiger partial charge in [-0.05, 0) is 342 Å². The van der Waals surface area contributed by atoms with Crippen molar-refractivity contribution in [2.45, 2.75) is 191 Å². The van der Waals surface area contributed by atoms with E-state index in [0.717, 1.165) is 116 Å². The highest BCUT2D eigenvalue weighted by Crippen LogP contribution is 2.36. The maximum absolute atomic E-state index is 13.7. The van der Waals surface area contributed by atoms with Gasteiger partial charge in [0.25, 0.3) is 12.9 Å². The molecule has 5 aliphatic carbocycles. The Balaban J connectivity index is 0.000000429. The van der Waals surface area contributed by atoms with Crippen LogP contribution in [0.25, 0.3) is 0 Å². The van der Waals surface area contributed by atoms with Crippen LogP contribution in [0.2, 0.25) is 0 Å². The first-order valence-corrected chi connectivity index (χ1v) is 53.7. The number of nitrogens with zero attached hydrogens (tertiary/aromatic N) is 4. The molecule has 2 fully saturated rings. The molecule has 0 aromatic heterocycles. The van der Waals surface area contributed by atoms with E-state index in [1.54, 1.807) is 65.3 Å². The number of likely N-dealkylation sites (N-methyl/N-ethyl adjacent to an activating group) is 2. The number of aliphatic hydroxyl groups excluding tert-OH is 2. The fraction of sp³-hybridized carbons (Fsp3) is 0.574. The molecule has 5 aromatic carbocycles. The van der Waals surface area contributed by atoms with Crippen molar-refractivity contribution >= 4 is 34.8 Å². The molecule has 0 amide bonds. The molecule has 0 spiro atoms. The third-order valence-electron chi connectivity index (χ3n) is 27.0. The Kier molecular flexibility index (Phi) is 66.4. The normalized spacial score (nSPS) is 19.8. The topological polar surface area (TPSA) is 198 Å². The number of benzene rings is 5. The number of methoxy groups -OCH3 is 2. The molecule has 0 saturated carbocycles. The number of aryl methyl sites for hydroxylation is 9. The number of alkyl halides is 6. The molecule has 28 heteroatoms. The highest BCUT2D eigenvalue weighted by Gasteiger charge is 2.43. The van der Waals surface area contributed by atoms with Gasteiger partial charge in [-0.1, -0.05) is 130 Å². The van der Waals surface area contributed by atoms with Gasteiger partial charge >= 0.3 is 0 Å². The van der Waals surface area contributed by atoms with Gasteiger partial charge in [-0.15, -0.1) is 23.2 Å². The zero-order valence-electron chi connectivity index (χ0n) is 95.3. The average molecular weight is 2150 g/mol. The van der Waals surface area contributed by atoms with E-state index in [-0.39, 0.29) is 59.1 Å². The third-order valence-corrected chi connectivity index (χ3v) is 28.1. The molecule has 7 aliphatic rings. The summed E-state index contributed by atoms with van der Waals surface area (Å²) in [6.45, 7) is 56.8. The van der Waals surface area contributed by atoms with E-state index in [1.807, 2.05) is 152 Å². The minimum Gasteiger partial charge on any atom is -0.494 e. The van der Waals surface area contributed by atoms with E-state index in [4.69, 9.17) is 80.0 Å². The van der Waals surface area contributed by atoms with Crippen molar-refractivity contribution in [2.24, 2.45) is 70.0 Å². The molecule has 0 unspecified atom stereocenters. The van der Waals surface area contributed by atoms with Crippen LogP contribution in [0.3, 0.4) is 0 Å². The standard InChI is InChI=1S/C15H24ClNO2.C15H22ClNO2.C13H20O2.C13H18O2.C12H20FNO.C12H18FNO.C11H18O2.C11H16O2.C10H14F2O.C10H12F2O/c2*1-12-3-4-14(7-13(12)2)19-6-5-17-9-15(8-16,10-17)11-18;2*1-10-6-7-13(9-11(10)2)15-8-4-5-12(3)14;2*1-9-5-6-11(12(13)10(9)2)15-8-7-14(3)4;2*1-9-4-5-11(8-10(9)2)13-7-6-12-3;2*1-7-3-4-9(5-8(7)2)13-6-10(11)12/h3-4,7,12-13,18H,5-6,8-11H2,1-2H3;3-4,7,18H,5-6,8-11H2,1-2H3;6-7,9-11H,4-5,8H2,1-3H3;6-7,9H,4-5,8H2,1-3H3;5-6,9-10H,7-8H2,1-4H3;5-6H,7-8H2,1-4H3;4-5,8-10H,6-7H2,1-3H3;4-5,8H,6-7H2,1-3H3;3-5,7-8,10H,6H2,1-2H3;3-5,10H,6H2,1-2H3/t12-,13+;;10-,11+;;9-,10-;;9-,10+;;7-,8+;/m0.0.0.0.0./s1. The summed E-state index contributed by atoms with van der Waals surface area (Å²) in [5, 5.41) is 18.5. The Bertz CT molecular complexity index is 5030. The van der Waals surface area contributed by atoms with Gasteiger partial charge in [-0.2, -0.15) is 0 Å². The number of aliphatic hydroxyl groups is 2. The number of ketones is 2. The van der Waals surface area contributed by atoms with Gasteiger partial charge in [-0.3, -0.25) is 9.80 Å². The molecule has 2 heterocycles. The Hall–Kier alpha value is -9.32. The molecule has 0 bridgehead atoms. The summed E-state index contributed by atoms with van der Waals surface area (Å²) in [6, 6.07) is 27.2. The lowest BCUT2D eigenvalue weighted by atomic mass is 9.83. The van der Waals surface area contributed by atoms with Crippen LogP contribution in [0.15, 0.2) is 205 Å². The summed E-state index contributed by atoms with van der Waals surface area (Å²) in [5.41, 5.74) is 11.2. The number of hydrogen-bond donors (Lipinski definition) is 2. The highest BCUT2D eigenvalue weighted by atomic mass is 35.5. The molecule has 10 atom stereocenters. The monoisotopic (exact) mass is 2140 g/mol. The maximum Gasteiger partial charge on any atom is 0.272 e. The van der Waals surface area contributed by atoms with Gasteiger partial charge in [0.1, 0.15) is 116 Å². The van der Waals surface area contributed by atoms with Gasteiger partial charge in [0.2, 0.25) is 0 Å². The second-order valence-corrected chi connectivity index (χ2v) is 41.5. The number of rotatable bonds is 44. The van der Waals surface area contributed by atoms with Crippen molar-refractivity contribution in [3.05, 3.63) is 266 Å². The predicted molar refractivity (Wildman–Crippen MR) is 601 cm³/mol. The zero-order chi connectivity index (χ0) is 112. The fourth-order valence-corrected chi connectivity index (χ4v) is 15.2. The second kappa shape index (κ2) is 73.9. The number of halogens is 8. The number of hydrogen-bond acceptors (Lipinski definition) is 20. The van der Waals surface area contributed by atoms with Crippen molar-refractivity contribution in [3.8, 4) is 28.7 Å². The van der Waals surface area contributed by atoms with E-state index in [1.165, 1.54) is 33.4 Å². The molecule has 2 aliphatic heterocycles. The van der Waals surface area contributed by atoms with Gasteiger partial charge in [-0.25, -0.2) is 26.3 Å². The largest absolute Gasteiger partial charge is 0.494 e. The minimum atomic E-state index is -2.42. The highest BCUT2D eigenvalue weighted by molar-refractivity contribution is 6.18. The lowest BCUT2D eigenvalue weighted by Gasteiger charge is -2.48. The van der Waals surface area contributed by atoms with Gasteiger partial charge in [0.15, 0.2) is 17.3 Å². The summed E-state index contributed by atoms with van der Waals surface area (Å²) in [7, 11) is 11.2. The van der Waals surface area contributed by atoms with Gasteiger partial charge in [0.05, 0.1) is 39.6 Å². The van der Waals surface area contributed by atoms with Crippen LogP contribution in [0.5, 0.6) is 28.7 Å². The fourth-order valence-electron chi connectivity index (χ4n) is 14.7. The predicted octanol–water partition coefficient (Wildman–Crippen LogP) is 26.2. The van der Waals surface area contributed by atoms with Crippen LogP contribution in [-0.4, -0.2) is 253 Å². The average Bonchev–Trinajstić information content (AvgIpc) is 0.797. The van der Waals surface area contributed by atoms with Crippen LogP contribution in [-0.2, 0) is 42.7 Å². The lowest BCUT2D eigenvalue weighted by molar-refractivity contribution is -0.118. The third kappa shape index (κ3) is 55.0. The Morgan fingerprint density at radius 1 is 0.380 bits per heavy atom. The smallest absolute Gasteiger partial charge is 0.272 e. The van der Waals surface area contributed by atoms with Crippen molar-refractivity contribution in [2.75, 3.05) is 199 Å². The molecule has 150 heavy (non-hydrogen) atoms. The Labute approximate surface area is 906 Å². The molecule has 20 nitrogen and oxygen atoms in total. The summed E-state index contributed by atoms with van der Waals surface area (Å²) in [4.78, 5) is 30.0. The first-order chi connectivity index (χ1) is 71.0. The van der Waals surface area contributed by atoms with E-state index < -0.39 is 26.1 Å². The van der Waals surface area contributed by atoms with Crippen LogP contribution in [0.4, 0.5) is 26.3 Å². The molecular weight excluding hydrogens is 1960 g/mol. The first-order valence-electron chi connectivity index (χ1n) is 52.7. The summed E-state index contributed by atoms with van der Waals surface area (Å²) in [6.07, 6.45) is 26.6. The first kappa shape index (κ1) is 135. The number of likely N-dealkylation sites (tertiary alicyclic amines) is 2. The van der Waals surface area contributed by atoms with Crippen molar-refractivity contribution < 1.29 is 103 Å². The van der Waals surface area contributed by atoms with Crippen molar-refractivity contribution in [1.29, 1.82) is 0 Å². The van der Waals surface area contributed by atoms with Crippen molar-refractivity contribution in [1.82, 2.24) is 19.6 Å². The molecule has 5 aromatic rings. The quantitative estimate of drug-likeness (QED) is 0.0212. The number of carbonyl (C=O) groups is 2. The number of ether oxygens (including phenoxy) is 12. The molecule has 842 valence electrons. The van der Waals surface area contributed by atoms with E-state index >= 15 is 0 Å². The molecular formula is C122H182Cl2F6N4O16. The van der Waals surface area contributed by atoms with Gasteiger partial charge in [0, 0.05) is 108 Å². The van der Waals surface area contributed by atoms with Gasteiger partial charge < -0.3 is 86.4 Å². The Morgan fingerprint density at radius 2 is 0.693 bits per heavy atom. The van der Waals surface area contributed by atoms with E-state index in [9.17, 15) is 46.1 Å². The van der Waals surface area contributed by atoms with E-state index in [0.29, 0.717) is 167 Å². The second-order valence-electron chi connectivity index (χ2n) is 41.0. The van der Waals surface area contributed by atoms with E-state index in [2.05, 4.69) is 167 Å². The summed E-state index contributed by atoms with van der Waals surface area (Å²) >= 11 is 11.7. The van der Waals surface area contributed by atoms with Crippen molar-refractivity contribution in [3.63, 3.8) is 0 Å². The summed E-state index contributed by atoms with van der Waals surface area (Å²) < 4.78 is 138. The van der Waals surface area contributed by atoms with Crippen LogP contribution < -0.4 is 23.7 Å². The molecule has 2 N–H and O–H groups in total. The molecule has 12 rings (SSSR count).